The molecule has 148 valence electrons. The van der Waals surface area contributed by atoms with E-state index < -0.39 is 10.0 Å². The van der Waals surface area contributed by atoms with Gasteiger partial charge in [0.2, 0.25) is 21.8 Å². The summed E-state index contributed by atoms with van der Waals surface area (Å²) in [5.74, 6) is -0.156. The van der Waals surface area contributed by atoms with Crippen LogP contribution in [0.1, 0.15) is 44.6 Å². The van der Waals surface area contributed by atoms with Crippen molar-refractivity contribution >= 4 is 21.8 Å². The maximum Gasteiger partial charge on any atom is 0.240 e. The fraction of sp³-hybridized carbons (Fsp3) is 0.579. The molecule has 1 heterocycles. The molecule has 2 N–H and O–H groups in total. The standard InChI is InChI=1S/C19H27N3O4S/c1-2-18(23)22-11-3-4-15(13-22)19(24)20-12-14-5-9-17(10-6-14)27(25,26)21-16-7-8-16/h5-6,9-10,15-16,21H,2-4,7-8,11-13H2,1H3,(H,20,24). The lowest BCUT2D eigenvalue weighted by atomic mass is 9.97. The third-order valence-electron chi connectivity index (χ3n) is 5.05. The topological polar surface area (TPSA) is 95.6 Å². The van der Waals surface area contributed by atoms with Crippen molar-refractivity contribution in [1.29, 1.82) is 0 Å². The van der Waals surface area contributed by atoms with Gasteiger partial charge in [0.05, 0.1) is 10.8 Å². The Hall–Kier alpha value is -1.93. The van der Waals surface area contributed by atoms with Crippen LogP contribution in [-0.2, 0) is 26.2 Å². The Morgan fingerprint density at radius 2 is 1.85 bits per heavy atom. The van der Waals surface area contributed by atoms with Gasteiger partial charge >= 0.3 is 0 Å². The Morgan fingerprint density at radius 3 is 2.48 bits per heavy atom. The number of sulfonamides is 1. The summed E-state index contributed by atoms with van der Waals surface area (Å²) < 4.78 is 27.0. The van der Waals surface area contributed by atoms with Crippen LogP contribution in [-0.4, -0.2) is 44.3 Å². The van der Waals surface area contributed by atoms with E-state index in [1.165, 1.54) is 0 Å². The first-order valence-electron chi connectivity index (χ1n) is 9.56. The summed E-state index contributed by atoms with van der Waals surface area (Å²) in [6.07, 6.45) is 3.87. The van der Waals surface area contributed by atoms with Gasteiger partial charge in [-0.15, -0.1) is 0 Å². The van der Waals surface area contributed by atoms with Crippen LogP contribution in [0, 0.1) is 5.92 Å². The molecular formula is C19H27N3O4S. The summed E-state index contributed by atoms with van der Waals surface area (Å²) in [4.78, 5) is 26.3. The normalized spacial score (nSPS) is 20.3. The molecule has 8 heteroatoms. The quantitative estimate of drug-likeness (QED) is 0.732. The van der Waals surface area contributed by atoms with Crippen molar-refractivity contribution in [2.24, 2.45) is 5.92 Å². The van der Waals surface area contributed by atoms with Crippen molar-refractivity contribution in [3.05, 3.63) is 29.8 Å². The van der Waals surface area contributed by atoms with Crippen molar-refractivity contribution in [3.8, 4) is 0 Å². The van der Waals surface area contributed by atoms with Crippen molar-refractivity contribution in [2.75, 3.05) is 13.1 Å². The van der Waals surface area contributed by atoms with Crippen LogP contribution in [0.15, 0.2) is 29.2 Å². The molecular weight excluding hydrogens is 366 g/mol. The molecule has 0 spiro atoms. The first kappa shape index (κ1) is 19.8. The van der Waals surface area contributed by atoms with Crippen molar-refractivity contribution in [2.45, 2.75) is 56.5 Å². The van der Waals surface area contributed by atoms with Gasteiger partial charge in [0.25, 0.3) is 0 Å². The second-order valence-electron chi connectivity index (χ2n) is 7.29. The number of carbonyl (C=O) groups excluding carboxylic acids is 2. The number of hydrogen-bond acceptors (Lipinski definition) is 4. The maximum absolute atomic E-state index is 12.4. The summed E-state index contributed by atoms with van der Waals surface area (Å²) in [6.45, 7) is 3.37. The number of carbonyl (C=O) groups is 2. The Balaban J connectivity index is 1.52. The molecule has 1 saturated carbocycles. The van der Waals surface area contributed by atoms with Crippen LogP contribution in [0.25, 0.3) is 0 Å². The molecule has 27 heavy (non-hydrogen) atoms. The molecule has 1 aliphatic carbocycles. The number of nitrogens with one attached hydrogen (secondary N) is 2. The highest BCUT2D eigenvalue weighted by molar-refractivity contribution is 7.89. The second-order valence-corrected chi connectivity index (χ2v) is 9.00. The van der Waals surface area contributed by atoms with Gasteiger partial charge in [0.15, 0.2) is 0 Å². The highest BCUT2D eigenvalue weighted by atomic mass is 32.2. The van der Waals surface area contributed by atoms with Crippen LogP contribution >= 0.6 is 0 Å². The summed E-state index contributed by atoms with van der Waals surface area (Å²) in [6, 6.07) is 6.64. The van der Waals surface area contributed by atoms with Crippen LogP contribution in [0.3, 0.4) is 0 Å². The van der Waals surface area contributed by atoms with Gasteiger partial charge < -0.3 is 10.2 Å². The van der Waals surface area contributed by atoms with Gasteiger partial charge in [-0.2, -0.15) is 0 Å². The fourth-order valence-corrected chi connectivity index (χ4v) is 4.55. The lowest BCUT2D eigenvalue weighted by molar-refractivity contribution is -0.135. The zero-order chi connectivity index (χ0) is 19.4. The number of rotatable bonds is 7. The molecule has 3 rings (SSSR count). The zero-order valence-electron chi connectivity index (χ0n) is 15.6. The molecule has 7 nitrogen and oxygen atoms in total. The SMILES string of the molecule is CCC(=O)N1CCCC(C(=O)NCc2ccc(S(=O)(=O)NC3CC3)cc2)C1. The molecule has 2 amide bonds. The van der Waals surface area contributed by atoms with Crippen LogP contribution in [0.2, 0.25) is 0 Å². The van der Waals surface area contributed by atoms with E-state index in [1.807, 2.05) is 6.92 Å². The molecule has 0 aromatic heterocycles. The number of likely N-dealkylation sites (tertiary alicyclic amines) is 1. The molecule has 1 saturated heterocycles. The van der Waals surface area contributed by atoms with E-state index in [-0.39, 0.29) is 28.7 Å². The number of amides is 2. The Kier molecular flexibility index (Phi) is 6.16. The minimum Gasteiger partial charge on any atom is -0.352 e. The summed E-state index contributed by atoms with van der Waals surface area (Å²) in [5.41, 5.74) is 0.839. The fourth-order valence-electron chi connectivity index (χ4n) is 3.25. The van der Waals surface area contributed by atoms with Gasteiger partial charge in [-0.05, 0) is 43.4 Å². The highest BCUT2D eigenvalue weighted by Crippen LogP contribution is 2.22. The van der Waals surface area contributed by atoms with E-state index in [4.69, 9.17) is 0 Å². The maximum atomic E-state index is 12.4. The summed E-state index contributed by atoms with van der Waals surface area (Å²) in [5, 5.41) is 2.90. The molecule has 1 aromatic rings. The van der Waals surface area contributed by atoms with Crippen LogP contribution < -0.4 is 10.0 Å². The molecule has 0 radical (unpaired) electrons. The number of hydrogen-bond donors (Lipinski definition) is 2. The molecule has 1 atom stereocenters. The smallest absolute Gasteiger partial charge is 0.240 e. The van der Waals surface area contributed by atoms with Crippen molar-refractivity contribution in [1.82, 2.24) is 14.9 Å². The number of nitrogens with zero attached hydrogens (tertiary/aromatic N) is 1. The van der Waals surface area contributed by atoms with Crippen molar-refractivity contribution < 1.29 is 18.0 Å². The molecule has 0 bridgehead atoms. The molecule has 2 aliphatic rings. The van der Waals surface area contributed by atoms with Gasteiger partial charge in [0.1, 0.15) is 0 Å². The molecule has 2 fully saturated rings. The number of benzene rings is 1. The van der Waals surface area contributed by atoms with Gasteiger partial charge in [-0.25, -0.2) is 13.1 Å². The zero-order valence-corrected chi connectivity index (χ0v) is 16.4. The summed E-state index contributed by atoms with van der Waals surface area (Å²) in [7, 11) is -3.45. The summed E-state index contributed by atoms with van der Waals surface area (Å²) >= 11 is 0. The third kappa shape index (κ3) is 5.29. The second kappa shape index (κ2) is 8.39. The predicted molar refractivity (Wildman–Crippen MR) is 101 cm³/mol. The van der Waals surface area contributed by atoms with E-state index in [9.17, 15) is 18.0 Å². The largest absolute Gasteiger partial charge is 0.352 e. The van der Waals surface area contributed by atoms with Crippen LogP contribution in [0.5, 0.6) is 0 Å². The van der Waals surface area contributed by atoms with E-state index in [1.54, 1.807) is 29.2 Å². The lowest BCUT2D eigenvalue weighted by Crippen LogP contribution is -2.45. The van der Waals surface area contributed by atoms with Gasteiger partial charge in [-0.1, -0.05) is 19.1 Å². The Labute approximate surface area is 160 Å². The van der Waals surface area contributed by atoms with Crippen LogP contribution in [0.4, 0.5) is 0 Å². The highest BCUT2D eigenvalue weighted by Gasteiger charge is 2.28. The van der Waals surface area contributed by atoms with Gasteiger partial charge in [-0.3, -0.25) is 9.59 Å². The monoisotopic (exact) mass is 393 g/mol. The Morgan fingerprint density at radius 1 is 1.15 bits per heavy atom. The van der Waals surface area contributed by atoms with E-state index in [2.05, 4.69) is 10.0 Å². The number of piperidine rings is 1. The first-order valence-corrected chi connectivity index (χ1v) is 11.0. The predicted octanol–water partition coefficient (Wildman–Crippen LogP) is 1.39. The average molecular weight is 394 g/mol. The van der Waals surface area contributed by atoms with Crippen molar-refractivity contribution in [3.63, 3.8) is 0 Å². The van der Waals surface area contributed by atoms with E-state index in [0.717, 1.165) is 37.8 Å². The molecule has 1 unspecified atom stereocenters. The molecule has 1 aromatic carbocycles. The Bertz CT molecular complexity index is 788. The molecule has 1 aliphatic heterocycles. The minimum atomic E-state index is -3.45. The lowest BCUT2D eigenvalue weighted by Gasteiger charge is -2.31. The van der Waals surface area contributed by atoms with Gasteiger partial charge in [0, 0.05) is 32.1 Å². The third-order valence-corrected chi connectivity index (χ3v) is 6.58. The van der Waals surface area contributed by atoms with E-state index in [0.29, 0.717) is 19.5 Å². The first-order chi connectivity index (χ1) is 12.9. The van der Waals surface area contributed by atoms with E-state index >= 15 is 0 Å². The minimum absolute atomic E-state index is 0.0595. The average Bonchev–Trinajstić information content (AvgIpc) is 3.49.